The number of carbonyl (C=O) groups is 1. The molecule has 0 heterocycles. The van der Waals surface area contributed by atoms with Gasteiger partial charge in [-0.3, -0.25) is 0 Å². The highest BCUT2D eigenvalue weighted by atomic mass is 16.8. The molecule has 6 nitrogen and oxygen atoms in total. The quantitative estimate of drug-likeness (QED) is 0.361. The largest absolute Gasteiger partial charge is 0.595 e. The summed E-state index contributed by atoms with van der Waals surface area (Å²) in [5.41, 5.74) is 5.15. The van der Waals surface area contributed by atoms with Crippen LogP contribution in [0.4, 0.5) is 11.4 Å². The van der Waals surface area contributed by atoms with Crippen molar-refractivity contribution in [2.75, 3.05) is 5.73 Å². The van der Waals surface area contributed by atoms with Crippen LogP contribution >= 0.6 is 0 Å². The highest BCUT2D eigenvalue weighted by Gasteiger charge is 2.10. The third-order valence-electron chi connectivity index (χ3n) is 1.53. The fourth-order valence-electron chi connectivity index (χ4n) is 0.891. The maximum Gasteiger partial charge on any atom is 0.337 e. The number of benzene rings is 1. The standard InChI is InChI=1S/C7H8N2O4/c8-6-3-4(9(12)13)1-2-5(6)7(10)11/h1-3,9,12H,8H2,(H,10,11). The fourth-order valence-corrected chi connectivity index (χ4v) is 0.891. The number of carboxylic acid groups (broad SMARTS) is 1. The van der Waals surface area contributed by atoms with E-state index in [9.17, 15) is 10.0 Å². The molecule has 13 heavy (non-hydrogen) atoms. The van der Waals surface area contributed by atoms with E-state index < -0.39 is 11.2 Å². The van der Waals surface area contributed by atoms with Gasteiger partial charge in [0, 0.05) is 12.1 Å². The van der Waals surface area contributed by atoms with Gasteiger partial charge in [0.05, 0.1) is 11.3 Å². The Kier molecular flexibility index (Phi) is 2.47. The number of hydrogen-bond donors (Lipinski definition) is 4. The average molecular weight is 184 g/mol. The first-order valence-electron chi connectivity index (χ1n) is 3.38. The van der Waals surface area contributed by atoms with Crippen molar-refractivity contribution in [3.63, 3.8) is 0 Å². The predicted molar refractivity (Wildman–Crippen MR) is 43.6 cm³/mol. The molecule has 0 aliphatic carbocycles. The first kappa shape index (κ1) is 9.46. The highest BCUT2D eigenvalue weighted by molar-refractivity contribution is 5.94. The number of nitrogens with two attached hydrogens (primary N) is 1. The van der Waals surface area contributed by atoms with E-state index >= 15 is 0 Å². The molecule has 0 bridgehead atoms. The van der Waals surface area contributed by atoms with Crippen molar-refractivity contribution in [2.45, 2.75) is 0 Å². The van der Waals surface area contributed by atoms with Crippen molar-refractivity contribution in [2.24, 2.45) is 0 Å². The Labute approximate surface area is 73.3 Å². The molecule has 5 N–H and O–H groups in total. The van der Waals surface area contributed by atoms with Gasteiger partial charge in [0.25, 0.3) is 0 Å². The molecule has 0 fully saturated rings. The summed E-state index contributed by atoms with van der Waals surface area (Å²) >= 11 is 0. The lowest BCUT2D eigenvalue weighted by Crippen LogP contribution is -2.99. The van der Waals surface area contributed by atoms with Crippen molar-refractivity contribution >= 4 is 17.3 Å². The monoisotopic (exact) mass is 184 g/mol. The predicted octanol–water partition coefficient (Wildman–Crippen LogP) is -0.630. The molecule has 0 spiro atoms. The van der Waals surface area contributed by atoms with E-state index in [0.29, 0.717) is 0 Å². The van der Waals surface area contributed by atoms with Gasteiger partial charge in [-0.05, 0) is 6.07 Å². The molecule has 6 heteroatoms. The number of rotatable bonds is 2. The summed E-state index contributed by atoms with van der Waals surface area (Å²) in [6.07, 6.45) is 0. The second kappa shape index (κ2) is 3.40. The van der Waals surface area contributed by atoms with Gasteiger partial charge in [-0.1, -0.05) is 0 Å². The first-order valence-corrected chi connectivity index (χ1v) is 3.38. The van der Waals surface area contributed by atoms with Crippen LogP contribution in [0.15, 0.2) is 18.2 Å². The highest BCUT2D eigenvalue weighted by Crippen LogP contribution is 2.14. The van der Waals surface area contributed by atoms with Gasteiger partial charge in [-0.25, -0.2) is 10.0 Å². The molecule has 1 aromatic carbocycles. The number of carboxylic acids is 1. The van der Waals surface area contributed by atoms with Crippen LogP contribution in [-0.4, -0.2) is 16.3 Å². The summed E-state index contributed by atoms with van der Waals surface area (Å²) in [5.74, 6) is -1.17. The Morgan fingerprint density at radius 1 is 1.54 bits per heavy atom. The van der Waals surface area contributed by atoms with Crippen molar-refractivity contribution < 1.29 is 20.3 Å². The van der Waals surface area contributed by atoms with Crippen LogP contribution in [0.3, 0.4) is 0 Å². The van der Waals surface area contributed by atoms with Crippen LogP contribution in [0.5, 0.6) is 0 Å². The molecule has 0 amide bonds. The third kappa shape index (κ3) is 1.94. The Morgan fingerprint density at radius 2 is 2.15 bits per heavy atom. The fraction of sp³-hybridized carbons (Fsp3) is 0. The number of nitrogens with one attached hydrogen (secondary N) is 1. The minimum absolute atomic E-state index is 0.0255. The third-order valence-corrected chi connectivity index (χ3v) is 1.53. The molecule has 0 saturated carbocycles. The maximum atomic E-state index is 10.5. The summed E-state index contributed by atoms with van der Waals surface area (Å²) in [7, 11) is 0. The molecule has 1 atom stereocenters. The molecule has 1 unspecified atom stereocenters. The lowest BCUT2D eigenvalue weighted by Gasteiger charge is -2.12. The van der Waals surface area contributed by atoms with E-state index in [1.807, 2.05) is 0 Å². The van der Waals surface area contributed by atoms with Gasteiger partial charge in [0.1, 0.15) is 0 Å². The van der Waals surface area contributed by atoms with Gasteiger partial charge in [-0.15, -0.1) is 0 Å². The summed E-state index contributed by atoms with van der Waals surface area (Å²) < 4.78 is 0. The zero-order chi connectivity index (χ0) is 10.0. The van der Waals surface area contributed by atoms with Gasteiger partial charge in [0.15, 0.2) is 5.69 Å². The van der Waals surface area contributed by atoms with Gasteiger partial charge < -0.3 is 16.0 Å². The van der Waals surface area contributed by atoms with E-state index in [2.05, 4.69) is 0 Å². The zero-order valence-electron chi connectivity index (χ0n) is 6.52. The van der Waals surface area contributed by atoms with Crippen molar-refractivity contribution in [1.82, 2.24) is 0 Å². The molecular formula is C7H8N2O4. The van der Waals surface area contributed by atoms with Crippen molar-refractivity contribution in [3.8, 4) is 0 Å². The zero-order valence-corrected chi connectivity index (χ0v) is 6.52. The minimum atomic E-state index is -1.17. The van der Waals surface area contributed by atoms with Crippen molar-refractivity contribution in [1.29, 1.82) is 0 Å². The molecule has 0 aliphatic heterocycles. The Hall–Kier alpha value is -1.63. The van der Waals surface area contributed by atoms with Gasteiger partial charge in [-0.2, -0.15) is 5.23 Å². The normalized spacial score (nSPS) is 12.5. The smallest absolute Gasteiger partial charge is 0.337 e. The maximum absolute atomic E-state index is 10.5. The minimum Gasteiger partial charge on any atom is -0.595 e. The van der Waals surface area contributed by atoms with Gasteiger partial charge >= 0.3 is 5.97 Å². The van der Waals surface area contributed by atoms with Crippen molar-refractivity contribution in [3.05, 3.63) is 29.0 Å². The topological polar surface area (TPSA) is 111 Å². The summed E-state index contributed by atoms with van der Waals surface area (Å²) in [6.45, 7) is 0. The molecule has 70 valence electrons. The molecule has 0 aliphatic rings. The van der Waals surface area contributed by atoms with E-state index in [1.165, 1.54) is 12.1 Å². The number of aromatic carboxylic acids is 1. The summed E-state index contributed by atoms with van der Waals surface area (Å²) in [6, 6.07) is 3.48. The molecule has 0 aromatic heterocycles. The molecule has 1 rings (SSSR count). The van der Waals surface area contributed by atoms with E-state index in [4.69, 9.17) is 16.0 Å². The Bertz CT molecular complexity index is 337. The van der Waals surface area contributed by atoms with E-state index in [1.54, 1.807) is 0 Å². The molecule has 0 saturated heterocycles. The van der Waals surface area contributed by atoms with Gasteiger partial charge in [0.2, 0.25) is 0 Å². The SMILES string of the molecule is Nc1cc([NH+]([O-])O)ccc1C(=O)O. The van der Waals surface area contributed by atoms with Crippen LogP contribution in [0.1, 0.15) is 10.4 Å². The lowest BCUT2D eigenvalue weighted by atomic mass is 10.1. The summed E-state index contributed by atoms with van der Waals surface area (Å²) in [5, 5.41) is 26.4. The molecule has 0 radical (unpaired) electrons. The second-order valence-electron chi connectivity index (χ2n) is 2.41. The van der Waals surface area contributed by atoms with Crippen LogP contribution in [0.2, 0.25) is 0 Å². The van der Waals surface area contributed by atoms with E-state index in [-0.39, 0.29) is 16.9 Å². The van der Waals surface area contributed by atoms with Crippen LogP contribution in [0, 0.1) is 5.21 Å². The number of anilines is 1. The second-order valence-corrected chi connectivity index (χ2v) is 2.41. The van der Waals surface area contributed by atoms with Crippen LogP contribution in [-0.2, 0) is 0 Å². The average Bonchev–Trinajstić information content (AvgIpc) is 2.03. The number of nitrogen functional groups attached to an aromatic ring is 1. The van der Waals surface area contributed by atoms with Crippen LogP contribution < -0.4 is 11.0 Å². The Morgan fingerprint density at radius 3 is 2.54 bits per heavy atom. The summed E-state index contributed by atoms with van der Waals surface area (Å²) in [4.78, 5) is 10.5. The molecule has 1 aromatic rings. The molecular weight excluding hydrogens is 176 g/mol. The first-order chi connectivity index (χ1) is 6.02. The number of hydrogen-bond acceptors (Lipinski definition) is 4. The Balaban J connectivity index is 3.13. The number of quaternary nitrogens is 1. The lowest BCUT2D eigenvalue weighted by molar-refractivity contribution is -0.991. The van der Waals surface area contributed by atoms with E-state index in [0.717, 1.165) is 6.07 Å². The van der Waals surface area contributed by atoms with Crippen LogP contribution in [0.25, 0.3) is 0 Å².